The lowest BCUT2D eigenvalue weighted by atomic mass is 10.3. The second-order valence-corrected chi connectivity index (χ2v) is 6.75. The van der Waals surface area contributed by atoms with Gasteiger partial charge in [-0.1, -0.05) is 12.2 Å². The molecule has 0 aromatic carbocycles. The van der Waals surface area contributed by atoms with E-state index in [0.29, 0.717) is 0 Å². The quantitative estimate of drug-likeness (QED) is 0.636. The van der Waals surface area contributed by atoms with Crippen molar-refractivity contribution in [3.05, 3.63) is 24.4 Å². The minimum Gasteiger partial charge on any atom is -0.377 e. The second-order valence-electron chi connectivity index (χ2n) is 3.66. The SMILES string of the molecule is CO[Si](CCCN1C=CC=CC1)(OC)OC. The average Bonchev–Trinajstić information content (AvgIpc) is 2.37. The molecule has 1 heterocycles. The molecule has 1 rings (SSSR count). The third-order valence-corrected chi connectivity index (χ3v) is 5.58. The summed E-state index contributed by atoms with van der Waals surface area (Å²) in [5, 5.41) is 0. The van der Waals surface area contributed by atoms with E-state index >= 15 is 0 Å². The largest absolute Gasteiger partial charge is 0.500 e. The minimum absolute atomic E-state index is 0.852. The monoisotopic (exact) mass is 243 g/mol. The van der Waals surface area contributed by atoms with E-state index in [1.807, 2.05) is 0 Å². The first-order valence-corrected chi connectivity index (χ1v) is 7.42. The third-order valence-electron chi connectivity index (χ3n) is 2.75. The van der Waals surface area contributed by atoms with Gasteiger partial charge in [-0.2, -0.15) is 0 Å². The van der Waals surface area contributed by atoms with Crippen LogP contribution in [0.1, 0.15) is 6.42 Å². The Labute approximate surface area is 98.9 Å². The van der Waals surface area contributed by atoms with Crippen LogP contribution < -0.4 is 0 Å². The number of rotatable bonds is 7. The summed E-state index contributed by atoms with van der Waals surface area (Å²) >= 11 is 0. The molecule has 16 heavy (non-hydrogen) atoms. The predicted octanol–water partition coefficient (Wildman–Crippen LogP) is 1.64. The molecule has 0 amide bonds. The van der Waals surface area contributed by atoms with Gasteiger partial charge in [-0.15, -0.1) is 0 Å². The fourth-order valence-corrected chi connectivity index (χ4v) is 3.43. The molecule has 92 valence electrons. The summed E-state index contributed by atoms with van der Waals surface area (Å²) in [6, 6.07) is 0.852. The molecule has 0 radical (unpaired) electrons. The molecule has 0 bridgehead atoms. The van der Waals surface area contributed by atoms with Gasteiger partial charge in [-0.25, -0.2) is 0 Å². The van der Waals surface area contributed by atoms with Crippen molar-refractivity contribution in [2.24, 2.45) is 0 Å². The normalized spacial score (nSPS) is 15.8. The highest BCUT2D eigenvalue weighted by Gasteiger charge is 2.36. The Kier molecular flexibility index (Phi) is 5.76. The molecular formula is C11H21NO3Si. The van der Waals surface area contributed by atoms with E-state index in [4.69, 9.17) is 13.3 Å². The van der Waals surface area contributed by atoms with Gasteiger partial charge < -0.3 is 18.2 Å². The molecule has 0 aromatic heterocycles. The van der Waals surface area contributed by atoms with Crippen LogP contribution in [0.3, 0.4) is 0 Å². The molecule has 0 aliphatic carbocycles. The van der Waals surface area contributed by atoms with Gasteiger partial charge in [0.2, 0.25) is 0 Å². The van der Waals surface area contributed by atoms with Gasteiger partial charge in [0.1, 0.15) is 0 Å². The van der Waals surface area contributed by atoms with Crippen molar-refractivity contribution >= 4 is 8.80 Å². The summed E-state index contributed by atoms with van der Waals surface area (Å²) < 4.78 is 16.1. The smallest absolute Gasteiger partial charge is 0.377 e. The van der Waals surface area contributed by atoms with Crippen molar-refractivity contribution in [1.29, 1.82) is 0 Å². The van der Waals surface area contributed by atoms with Crippen LogP contribution in [0.25, 0.3) is 0 Å². The number of hydrogen-bond donors (Lipinski definition) is 0. The zero-order chi connectivity index (χ0) is 11.9. The van der Waals surface area contributed by atoms with Gasteiger partial charge in [0.15, 0.2) is 0 Å². The maximum absolute atomic E-state index is 5.37. The molecule has 0 aromatic rings. The van der Waals surface area contributed by atoms with Crippen LogP contribution in [0, 0.1) is 0 Å². The molecular weight excluding hydrogens is 222 g/mol. The molecule has 1 aliphatic rings. The standard InChI is InChI=1S/C11H21NO3Si/c1-13-16(14-2,15-3)11-7-10-12-8-5-4-6-9-12/h4-6,8H,7,9-11H2,1-3H3. The Morgan fingerprint density at radius 2 is 1.81 bits per heavy atom. The highest BCUT2D eigenvalue weighted by atomic mass is 28.4. The van der Waals surface area contributed by atoms with E-state index in [0.717, 1.165) is 25.6 Å². The lowest BCUT2D eigenvalue weighted by Crippen LogP contribution is -2.43. The van der Waals surface area contributed by atoms with E-state index in [9.17, 15) is 0 Å². The van der Waals surface area contributed by atoms with Crippen molar-refractivity contribution in [3.63, 3.8) is 0 Å². The molecule has 0 spiro atoms. The van der Waals surface area contributed by atoms with E-state index in [2.05, 4.69) is 29.3 Å². The van der Waals surface area contributed by atoms with Gasteiger partial charge in [-0.3, -0.25) is 0 Å². The van der Waals surface area contributed by atoms with E-state index in [-0.39, 0.29) is 0 Å². The van der Waals surface area contributed by atoms with Crippen LogP contribution in [0.5, 0.6) is 0 Å². The maximum atomic E-state index is 5.37. The van der Waals surface area contributed by atoms with E-state index < -0.39 is 8.80 Å². The topological polar surface area (TPSA) is 30.9 Å². The third kappa shape index (κ3) is 3.75. The molecule has 0 saturated heterocycles. The second kappa shape index (κ2) is 6.85. The van der Waals surface area contributed by atoms with Crippen LogP contribution in [0.4, 0.5) is 0 Å². The Morgan fingerprint density at radius 1 is 1.12 bits per heavy atom. The zero-order valence-corrected chi connectivity index (χ0v) is 11.3. The van der Waals surface area contributed by atoms with Crippen molar-refractivity contribution in [3.8, 4) is 0 Å². The van der Waals surface area contributed by atoms with Crippen LogP contribution in [0.2, 0.25) is 6.04 Å². The lowest BCUT2D eigenvalue weighted by Gasteiger charge is -2.26. The summed E-state index contributed by atoms with van der Waals surface area (Å²) in [6.45, 7) is 1.99. The highest BCUT2D eigenvalue weighted by Crippen LogP contribution is 2.15. The van der Waals surface area contributed by atoms with Crippen molar-refractivity contribution in [2.45, 2.75) is 12.5 Å². The van der Waals surface area contributed by atoms with Crippen LogP contribution in [-0.4, -0.2) is 48.1 Å². The minimum atomic E-state index is -2.37. The fraction of sp³-hybridized carbons (Fsp3) is 0.636. The van der Waals surface area contributed by atoms with Gasteiger partial charge in [0.25, 0.3) is 0 Å². The number of allylic oxidation sites excluding steroid dienone is 2. The number of nitrogens with zero attached hydrogens (tertiary/aromatic N) is 1. The summed E-state index contributed by atoms with van der Waals surface area (Å²) in [5.41, 5.74) is 0. The fourth-order valence-electron chi connectivity index (χ4n) is 1.73. The maximum Gasteiger partial charge on any atom is 0.500 e. The van der Waals surface area contributed by atoms with Crippen molar-refractivity contribution < 1.29 is 13.3 Å². The summed E-state index contributed by atoms with van der Waals surface area (Å²) in [6.07, 6.45) is 9.38. The first kappa shape index (κ1) is 13.4. The Hall–Kier alpha value is -0.623. The summed E-state index contributed by atoms with van der Waals surface area (Å²) in [4.78, 5) is 2.26. The molecule has 0 saturated carbocycles. The zero-order valence-electron chi connectivity index (χ0n) is 10.3. The Balaban J connectivity index is 2.27. The van der Waals surface area contributed by atoms with Gasteiger partial charge >= 0.3 is 8.80 Å². The van der Waals surface area contributed by atoms with Gasteiger partial charge in [0, 0.05) is 40.5 Å². The van der Waals surface area contributed by atoms with Crippen LogP contribution >= 0.6 is 0 Å². The summed E-state index contributed by atoms with van der Waals surface area (Å²) in [7, 11) is 2.60. The first-order chi connectivity index (χ1) is 7.76. The van der Waals surface area contributed by atoms with Gasteiger partial charge in [0.05, 0.1) is 0 Å². The Morgan fingerprint density at radius 3 is 2.31 bits per heavy atom. The van der Waals surface area contributed by atoms with Crippen LogP contribution in [0.15, 0.2) is 24.4 Å². The summed E-state index contributed by atoms with van der Waals surface area (Å²) in [5.74, 6) is 0. The molecule has 5 heteroatoms. The molecule has 0 N–H and O–H groups in total. The predicted molar refractivity (Wildman–Crippen MR) is 66.1 cm³/mol. The molecule has 4 nitrogen and oxygen atoms in total. The van der Waals surface area contributed by atoms with E-state index in [1.54, 1.807) is 21.3 Å². The molecule has 1 aliphatic heterocycles. The van der Waals surface area contributed by atoms with Gasteiger partial charge in [-0.05, 0) is 18.7 Å². The highest BCUT2D eigenvalue weighted by molar-refractivity contribution is 6.60. The van der Waals surface area contributed by atoms with Crippen LogP contribution in [-0.2, 0) is 13.3 Å². The van der Waals surface area contributed by atoms with E-state index in [1.165, 1.54) is 0 Å². The average molecular weight is 243 g/mol. The van der Waals surface area contributed by atoms with Crippen molar-refractivity contribution in [2.75, 3.05) is 34.4 Å². The number of hydrogen-bond acceptors (Lipinski definition) is 4. The molecule has 0 fully saturated rings. The van der Waals surface area contributed by atoms with Crippen molar-refractivity contribution in [1.82, 2.24) is 4.90 Å². The Bertz CT molecular complexity index is 243. The lowest BCUT2D eigenvalue weighted by molar-refractivity contribution is 0.122. The molecule has 0 unspecified atom stereocenters. The molecule has 0 atom stereocenters. The first-order valence-electron chi connectivity index (χ1n) is 5.49.